The zero-order valence-corrected chi connectivity index (χ0v) is 16.0. The summed E-state index contributed by atoms with van der Waals surface area (Å²) in [5, 5.41) is 6.59. The number of thioether (sulfide) groups is 1. The molecular formula is C16H21N3O3S2. The molecule has 0 aliphatic carbocycles. The summed E-state index contributed by atoms with van der Waals surface area (Å²) in [5.74, 6) is 0.398. The predicted octanol–water partition coefficient (Wildman–Crippen LogP) is 3.20. The van der Waals surface area contributed by atoms with Crippen molar-refractivity contribution in [2.75, 3.05) is 13.4 Å². The lowest BCUT2D eigenvalue weighted by Gasteiger charge is -2.24. The van der Waals surface area contributed by atoms with E-state index in [-0.39, 0.29) is 5.91 Å². The summed E-state index contributed by atoms with van der Waals surface area (Å²) >= 11 is 2.91. The zero-order chi connectivity index (χ0) is 17.7. The maximum Gasteiger partial charge on any atom is 0.272 e. The number of ether oxygens (including phenoxy) is 1. The molecule has 1 aromatic heterocycles. The van der Waals surface area contributed by atoms with Crippen LogP contribution >= 0.6 is 23.1 Å². The van der Waals surface area contributed by atoms with Gasteiger partial charge < -0.3 is 14.9 Å². The van der Waals surface area contributed by atoms with E-state index in [0.717, 1.165) is 15.8 Å². The number of amides is 1. The summed E-state index contributed by atoms with van der Waals surface area (Å²) in [5.41, 5.74) is 2.45. The minimum absolute atomic E-state index is 0.230. The number of carbonyl (C=O) groups is 1. The van der Waals surface area contributed by atoms with Gasteiger partial charge in [-0.05, 0) is 38.7 Å². The van der Waals surface area contributed by atoms with E-state index < -0.39 is 11.0 Å². The van der Waals surface area contributed by atoms with E-state index in [2.05, 4.69) is 20.3 Å². The van der Waals surface area contributed by atoms with Crippen molar-refractivity contribution < 1.29 is 14.4 Å². The van der Waals surface area contributed by atoms with E-state index in [1.54, 1.807) is 16.8 Å². The van der Waals surface area contributed by atoms with Crippen molar-refractivity contribution in [3.8, 4) is 5.75 Å². The number of nitrogens with zero attached hydrogens (tertiary/aromatic N) is 2. The van der Waals surface area contributed by atoms with Gasteiger partial charge in [-0.2, -0.15) is 0 Å². The lowest BCUT2D eigenvalue weighted by Crippen LogP contribution is -2.49. The van der Waals surface area contributed by atoms with Crippen molar-refractivity contribution in [1.29, 1.82) is 0 Å². The molecule has 1 amide bonds. The molecule has 1 unspecified atom stereocenters. The molecule has 0 bridgehead atoms. The molecule has 0 saturated heterocycles. The van der Waals surface area contributed by atoms with Crippen LogP contribution in [0.4, 0.5) is 0 Å². The first-order valence-electron chi connectivity index (χ1n) is 7.29. The van der Waals surface area contributed by atoms with Crippen molar-refractivity contribution in [2.24, 2.45) is 5.16 Å². The minimum Gasteiger partial charge on any atom is -0.470 e. The highest BCUT2D eigenvalue weighted by Gasteiger charge is 2.26. The van der Waals surface area contributed by atoms with Crippen LogP contribution in [-0.4, -0.2) is 41.4 Å². The standard InChI is InChI=1S/C16H21N3O3S2/c1-10-6-11(7-12-13(10)24-9-17-12)22-15(23-5)14(20)19-16(2,3)8-18-21-4/h6-9,15H,1-5H3,(H,19,20). The Morgan fingerprint density at radius 2 is 2.25 bits per heavy atom. The molecule has 0 fully saturated rings. The molecule has 8 heteroatoms. The average molecular weight is 367 g/mol. The van der Waals surface area contributed by atoms with E-state index in [1.165, 1.54) is 25.1 Å². The monoisotopic (exact) mass is 367 g/mol. The third-order valence-corrected chi connectivity index (χ3v) is 4.90. The number of rotatable bonds is 7. The van der Waals surface area contributed by atoms with Crippen molar-refractivity contribution in [1.82, 2.24) is 10.3 Å². The number of oxime groups is 1. The summed E-state index contributed by atoms with van der Waals surface area (Å²) in [6.45, 7) is 5.67. The van der Waals surface area contributed by atoms with Crippen molar-refractivity contribution in [2.45, 2.75) is 31.7 Å². The van der Waals surface area contributed by atoms with E-state index in [0.29, 0.717) is 5.75 Å². The molecule has 2 rings (SSSR count). The molecule has 130 valence electrons. The van der Waals surface area contributed by atoms with Crippen LogP contribution in [0, 0.1) is 6.92 Å². The van der Waals surface area contributed by atoms with Gasteiger partial charge in [-0.3, -0.25) is 4.79 Å². The SMILES string of the molecule is CON=CC(C)(C)NC(=O)C(Oc1cc(C)c2scnc2c1)SC. The number of fused-ring (bicyclic) bond motifs is 1. The topological polar surface area (TPSA) is 72.8 Å². The summed E-state index contributed by atoms with van der Waals surface area (Å²) < 4.78 is 7.00. The predicted molar refractivity (Wildman–Crippen MR) is 100 cm³/mol. The van der Waals surface area contributed by atoms with E-state index >= 15 is 0 Å². The molecule has 0 saturated carbocycles. The molecule has 0 aliphatic heterocycles. The fourth-order valence-corrected chi connectivity index (χ4v) is 3.33. The average Bonchev–Trinajstić information content (AvgIpc) is 2.99. The second-order valence-electron chi connectivity index (χ2n) is 5.75. The highest BCUT2D eigenvalue weighted by atomic mass is 32.2. The molecule has 1 aromatic carbocycles. The molecule has 1 heterocycles. The van der Waals surface area contributed by atoms with Gasteiger partial charge in [0.15, 0.2) is 0 Å². The fraction of sp³-hybridized carbons (Fsp3) is 0.438. The number of hydrogen-bond donors (Lipinski definition) is 1. The molecule has 24 heavy (non-hydrogen) atoms. The summed E-state index contributed by atoms with van der Waals surface area (Å²) in [4.78, 5) is 21.5. The number of carbonyl (C=O) groups excluding carboxylic acids is 1. The molecule has 0 radical (unpaired) electrons. The first kappa shape index (κ1) is 18.5. The van der Waals surface area contributed by atoms with E-state index in [1.807, 2.05) is 39.2 Å². The first-order valence-corrected chi connectivity index (χ1v) is 9.46. The van der Waals surface area contributed by atoms with Gasteiger partial charge in [-0.15, -0.1) is 23.1 Å². The maximum atomic E-state index is 12.5. The Balaban J connectivity index is 2.12. The Morgan fingerprint density at radius 3 is 2.92 bits per heavy atom. The molecule has 0 spiro atoms. The zero-order valence-electron chi connectivity index (χ0n) is 14.3. The van der Waals surface area contributed by atoms with Gasteiger partial charge in [0.05, 0.1) is 27.5 Å². The van der Waals surface area contributed by atoms with Crippen LogP contribution in [0.5, 0.6) is 5.75 Å². The third kappa shape index (κ3) is 4.61. The van der Waals surface area contributed by atoms with Crippen LogP contribution in [-0.2, 0) is 9.63 Å². The molecule has 2 aromatic rings. The molecule has 6 nitrogen and oxygen atoms in total. The van der Waals surface area contributed by atoms with Crippen LogP contribution in [0.3, 0.4) is 0 Å². The highest BCUT2D eigenvalue weighted by molar-refractivity contribution is 7.99. The van der Waals surface area contributed by atoms with E-state index in [4.69, 9.17) is 4.74 Å². The van der Waals surface area contributed by atoms with Gasteiger partial charge in [0.1, 0.15) is 12.9 Å². The minimum atomic E-state index is -0.671. The van der Waals surface area contributed by atoms with Crippen LogP contribution in [0.25, 0.3) is 10.2 Å². The lowest BCUT2D eigenvalue weighted by atomic mass is 10.1. The van der Waals surface area contributed by atoms with Gasteiger partial charge in [-0.25, -0.2) is 4.98 Å². The Bertz CT molecular complexity index is 743. The molecule has 1 atom stereocenters. The van der Waals surface area contributed by atoms with Gasteiger partial charge >= 0.3 is 0 Å². The molecular weight excluding hydrogens is 346 g/mol. The Hall–Kier alpha value is -1.80. The number of aryl methyl sites for hydroxylation is 1. The van der Waals surface area contributed by atoms with Crippen LogP contribution in [0.15, 0.2) is 22.8 Å². The van der Waals surface area contributed by atoms with Gasteiger partial charge in [0, 0.05) is 6.07 Å². The van der Waals surface area contributed by atoms with Gasteiger partial charge in [0.25, 0.3) is 5.91 Å². The molecule has 1 N–H and O–H groups in total. The number of benzene rings is 1. The summed E-state index contributed by atoms with van der Waals surface area (Å²) in [6, 6.07) is 3.78. The Labute approximate surface area is 149 Å². The number of nitrogens with one attached hydrogen (secondary N) is 1. The first-order chi connectivity index (χ1) is 11.4. The van der Waals surface area contributed by atoms with Crippen LogP contribution < -0.4 is 10.1 Å². The van der Waals surface area contributed by atoms with Crippen LogP contribution in [0.1, 0.15) is 19.4 Å². The number of hydrogen-bond acceptors (Lipinski definition) is 7. The van der Waals surface area contributed by atoms with Crippen molar-refractivity contribution >= 4 is 45.4 Å². The van der Waals surface area contributed by atoms with Gasteiger partial charge in [0.2, 0.25) is 5.44 Å². The normalized spacial score (nSPS) is 13.2. The van der Waals surface area contributed by atoms with E-state index in [9.17, 15) is 4.79 Å². The maximum absolute atomic E-state index is 12.5. The van der Waals surface area contributed by atoms with Crippen LogP contribution in [0.2, 0.25) is 0 Å². The lowest BCUT2D eigenvalue weighted by molar-refractivity contribution is -0.125. The largest absolute Gasteiger partial charge is 0.470 e. The fourth-order valence-electron chi connectivity index (χ4n) is 2.10. The van der Waals surface area contributed by atoms with Crippen molar-refractivity contribution in [3.63, 3.8) is 0 Å². The Morgan fingerprint density at radius 1 is 1.50 bits per heavy atom. The second-order valence-corrected chi connectivity index (χ2v) is 7.51. The summed E-state index contributed by atoms with van der Waals surface area (Å²) in [7, 11) is 1.46. The third-order valence-electron chi connectivity index (χ3n) is 3.19. The smallest absolute Gasteiger partial charge is 0.272 e. The summed E-state index contributed by atoms with van der Waals surface area (Å²) in [6.07, 6.45) is 3.36. The van der Waals surface area contributed by atoms with Gasteiger partial charge in [-0.1, -0.05) is 5.16 Å². The number of thiazole rings is 1. The number of aromatic nitrogens is 1. The quantitative estimate of drug-likeness (QED) is 0.462. The second kappa shape index (κ2) is 7.85. The Kier molecular flexibility index (Phi) is 6.06. The highest BCUT2D eigenvalue weighted by Crippen LogP contribution is 2.28. The molecule has 0 aliphatic rings. The van der Waals surface area contributed by atoms with Crippen molar-refractivity contribution in [3.05, 3.63) is 23.2 Å².